The molecule has 98 valence electrons. The lowest BCUT2D eigenvalue weighted by molar-refractivity contribution is 0.0982. The Morgan fingerprint density at radius 3 is 2.68 bits per heavy atom. The Kier molecular flexibility index (Phi) is 3.33. The van der Waals surface area contributed by atoms with Gasteiger partial charge in [-0.2, -0.15) is 5.10 Å². The molecule has 3 nitrogen and oxygen atoms in total. The summed E-state index contributed by atoms with van der Waals surface area (Å²) < 4.78 is 1.79. The number of benzene rings is 1. The van der Waals surface area contributed by atoms with Crippen molar-refractivity contribution < 1.29 is 4.79 Å². The fraction of sp³-hybridized carbons (Fsp3) is 0.286. The Labute approximate surface area is 121 Å². The highest BCUT2D eigenvalue weighted by Gasteiger charge is 2.21. The number of aromatic nitrogens is 2. The molecule has 0 radical (unpaired) electrons. The quantitative estimate of drug-likeness (QED) is 0.743. The first kappa shape index (κ1) is 12.7. The number of halogens is 2. The van der Waals surface area contributed by atoms with Crippen molar-refractivity contribution in [2.24, 2.45) is 0 Å². The number of Topliss-reactive ketones (excluding diaryl/α,β-unsaturated/α-hetero) is 1. The monoisotopic (exact) mass is 294 g/mol. The van der Waals surface area contributed by atoms with Crippen LogP contribution in [0.4, 0.5) is 0 Å². The van der Waals surface area contributed by atoms with Crippen LogP contribution in [0.1, 0.15) is 35.3 Å². The van der Waals surface area contributed by atoms with Crippen LogP contribution in [0.5, 0.6) is 0 Å². The van der Waals surface area contributed by atoms with Crippen molar-refractivity contribution in [3.05, 3.63) is 45.7 Å². The number of ketones is 1. The van der Waals surface area contributed by atoms with E-state index in [1.165, 1.54) is 0 Å². The molecule has 1 aliphatic rings. The molecule has 1 aliphatic carbocycles. The minimum atomic E-state index is 0.179. The standard InChI is InChI=1S/C14H12Cl2N2O/c15-11-6-5-9(7-12(11)16)18-13-3-1-2-4-14(19)10(13)8-17-18/h5-8H,1-4H2. The summed E-state index contributed by atoms with van der Waals surface area (Å²) in [5.41, 5.74) is 2.55. The van der Waals surface area contributed by atoms with Gasteiger partial charge in [-0.15, -0.1) is 0 Å². The molecule has 0 unspecified atom stereocenters. The molecule has 19 heavy (non-hydrogen) atoms. The lowest BCUT2D eigenvalue weighted by atomic mass is 10.1. The second-order valence-corrected chi connectivity index (χ2v) is 5.46. The first-order valence-electron chi connectivity index (χ1n) is 6.22. The summed E-state index contributed by atoms with van der Waals surface area (Å²) in [6.07, 6.45) is 5.08. The fourth-order valence-corrected chi connectivity index (χ4v) is 2.69. The van der Waals surface area contributed by atoms with Crippen LogP contribution in [0.2, 0.25) is 10.0 Å². The largest absolute Gasteiger partial charge is 0.294 e. The molecule has 0 spiro atoms. The van der Waals surface area contributed by atoms with Crippen molar-refractivity contribution >= 4 is 29.0 Å². The summed E-state index contributed by atoms with van der Waals surface area (Å²) in [6.45, 7) is 0. The van der Waals surface area contributed by atoms with Crippen molar-refractivity contribution in [1.29, 1.82) is 0 Å². The van der Waals surface area contributed by atoms with E-state index < -0.39 is 0 Å². The average molecular weight is 295 g/mol. The maximum absolute atomic E-state index is 12.0. The number of hydrogen-bond acceptors (Lipinski definition) is 2. The van der Waals surface area contributed by atoms with E-state index >= 15 is 0 Å². The molecule has 0 atom stereocenters. The van der Waals surface area contributed by atoms with Crippen LogP contribution in [-0.2, 0) is 6.42 Å². The van der Waals surface area contributed by atoms with E-state index in [0.717, 1.165) is 36.2 Å². The van der Waals surface area contributed by atoms with E-state index in [4.69, 9.17) is 23.2 Å². The highest BCUT2D eigenvalue weighted by atomic mass is 35.5. The number of hydrogen-bond donors (Lipinski definition) is 0. The van der Waals surface area contributed by atoms with E-state index in [9.17, 15) is 4.79 Å². The zero-order valence-electron chi connectivity index (χ0n) is 10.2. The zero-order valence-corrected chi connectivity index (χ0v) is 11.7. The normalized spacial score (nSPS) is 15.2. The summed E-state index contributed by atoms with van der Waals surface area (Å²) in [5.74, 6) is 0.179. The van der Waals surface area contributed by atoms with Gasteiger partial charge in [0.25, 0.3) is 0 Å². The molecule has 0 fully saturated rings. The third-order valence-corrected chi connectivity index (χ3v) is 4.12. The minimum absolute atomic E-state index is 0.179. The Balaban J connectivity index is 2.11. The van der Waals surface area contributed by atoms with Gasteiger partial charge >= 0.3 is 0 Å². The number of carbonyl (C=O) groups excluding carboxylic acids is 1. The lowest BCUT2D eigenvalue weighted by Gasteiger charge is -2.08. The molecule has 0 bridgehead atoms. The Morgan fingerprint density at radius 2 is 1.89 bits per heavy atom. The number of fused-ring (bicyclic) bond motifs is 1. The minimum Gasteiger partial charge on any atom is -0.294 e. The van der Waals surface area contributed by atoms with E-state index in [0.29, 0.717) is 16.5 Å². The second kappa shape index (κ2) is 4.99. The third-order valence-electron chi connectivity index (χ3n) is 3.38. The van der Waals surface area contributed by atoms with Crippen molar-refractivity contribution in [1.82, 2.24) is 9.78 Å². The molecule has 3 rings (SSSR count). The molecule has 5 heteroatoms. The predicted octanol–water partition coefficient (Wildman–Crippen LogP) is 4.09. The molecular formula is C14H12Cl2N2O. The summed E-state index contributed by atoms with van der Waals surface area (Å²) >= 11 is 12.0. The Morgan fingerprint density at radius 1 is 1.11 bits per heavy atom. The van der Waals surface area contributed by atoms with Gasteiger partial charge in [-0.3, -0.25) is 4.79 Å². The number of nitrogens with zero attached hydrogens (tertiary/aromatic N) is 2. The summed E-state index contributed by atoms with van der Waals surface area (Å²) in [4.78, 5) is 12.0. The molecular weight excluding hydrogens is 283 g/mol. The highest BCUT2D eigenvalue weighted by Crippen LogP contribution is 2.27. The summed E-state index contributed by atoms with van der Waals surface area (Å²) in [7, 11) is 0. The summed E-state index contributed by atoms with van der Waals surface area (Å²) in [5, 5.41) is 5.33. The fourth-order valence-electron chi connectivity index (χ4n) is 2.40. The van der Waals surface area contributed by atoms with Gasteiger partial charge in [-0.05, 0) is 37.5 Å². The van der Waals surface area contributed by atoms with Gasteiger partial charge in [-0.1, -0.05) is 23.2 Å². The van der Waals surface area contributed by atoms with Crippen LogP contribution < -0.4 is 0 Å². The van der Waals surface area contributed by atoms with Crippen molar-refractivity contribution in [3.8, 4) is 5.69 Å². The number of rotatable bonds is 1. The Hall–Kier alpha value is -1.32. The summed E-state index contributed by atoms with van der Waals surface area (Å²) in [6, 6.07) is 5.37. The maximum atomic E-state index is 12.0. The molecule has 0 N–H and O–H groups in total. The van der Waals surface area contributed by atoms with Crippen LogP contribution in [0.3, 0.4) is 0 Å². The third kappa shape index (κ3) is 2.28. The predicted molar refractivity (Wildman–Crippen MR) is 75.5 cm³/mol. The first-order valence-corrected chi connectivity index (χ1v) is 6.98. The van der Waals surface area contributed by atoms with E-state index in [2.05, 4.69) is 5.10 Å². The van der Waals surface area contributed by atoms with Gasteiger partial charge in [0, 0.05) is 6.42 Å². The van der Waals surface area contributed by atoms with E-state index in [-0.39, 0.29) is 5.78 Å². The molecule has 0 saturated heterocycles. The smallest absolute Gasteiger partial charge is 0.166 e. The van der Waals surface area contributed by atoms with Crippen molar-refractivity contribution in [2.75, 3.05) is 0 Å². The van der Waals surface area contributed by atoms with Crippen LogP contribution in [0.25, 0.3) is 5.69 Å². The van der Waals surface area contributed by atoms with Gasteiger partial charge in [0.2, 0.25) is 0 Å². The van der Waals surface area contributed by atoms with Gasteiger partial charge in [-0.25, -0.2) is 4.68 Å². The molecule has 0 amide bonds. The van der Waals surface area contributed by atoms with Crippen molar-refractivity contribution in [2.45, 2.75) is 25.7 Å². The molecule has 1 heterocycles. The molecule has 1 aromatic heterocycles. The van der Waals surface area contributed by atoms with Crippen LogP contribution in [0.15, 0.2) is 24.4 Å². The lowest BCUT2D eigenvalue weighted by Crippen LogP contribution is -2.04. The maximum Gasteiger partial charge on any atom is 0.166 e. The molecule has 0 aliphatic heterocycles. The van der Waals surface area contributed by atoms with Crippen LogP contribution in [-0.4, -0.2) is 15.6 Å². The molecule has 1 aromatic carbocycles. The van der Waals surface area contributed by atoms with Gasteiger partial charge in [0.1, 0.15) is 0 Å². The first-order chi connectivity index (χ1) is 9.16. The topological polar surface area (TPSA) is 34.9 Å². The van der Waals surface area contributed by atoms with Gasteiger partial charge in [0.15, 0.2) is 5.78 Å². The van der Waals surface area contributed by atoms with Crippen molar-refractivity contribution in [3.63, 3.8) is 0 Å². The Bertz CT molecular complexity index is 649. The average Bonchev–Trinajstić information content (AvgIpc) is 2.73. The zero-order chi connectivity index (χ0) is 13.4. The highest BCUT2D eigenvalue weighted by molar-refractivity contribution is 6.42. The van der Waals surface area contributed by atoms with E-state index in [1.54, 1.807) is 23.0 Å². The SMILES string of the molecule is O=C1CCCCc2c1cnn2-c1ccc(Cl)c(Cl)c1. The molecule has 2 aromatic rings. The van der Waals surface area contributed by atoms with Crippen LogP contribution in [0, 0.1) is 0 Å². The van der Waals surface area contributed by atoms with Gasteiger partial charge < -0.3 is 0 Å². The number of carbonyl (C=O) groups is 1. The van der Waals surface area contributed by atoms with E-state index in [1.807, 2.05) is 6.07 Å². The second-order valence-electron chi connectivity index (χ2n) is 4.65. The van der Waals surface area contributed by atoms with Gasteiger partial charge in [0.05, 0.1) is 33.2 Å². The van der Waals surface area contributed by atoms with Crippen LogP contribution >= 0.6 is 23.2 Å². The molecule has 0 saturated carbocycles.